The van der Waals surface area contributed by atoms with E-state index in [1.54, 1.807) is 18.4 Å². The number of nitrogens with one attached hydrogen (secondary N) is 1. The maximum atomic E-state index is 11.0. The summed E-state index contributed by atoms with van der Waals surface area (Å²) in [5.41, 5.74) is 0.747. The van der Waals surface area contributed by atoms with Crippen molar-refractivity contribution in [3.05, 3.63) is 23.8 Å². The van der Waals surface area contributed by atoms with E-state index >= 15 is 0 Å². The molecule has 0 radical (unpaired) electrons. The van der Waals surface area contributed by atoms with Crippen molar-refractivity contribution >= 4 is 10.8 Å². The maximum Gasteiger partial charge on any atom is 0.124 e. The van der Waals surface area contributed by atoms with Crippen LogP contribution in [0.25, 0.3) is 0 Å². The van der Waals surface area contributed by atoms with Gasteiger partial charge in [0.05, 0.1) is 0 Å². The standard InChI is InChI=1S/C13H21NO3S/c1-9(6-7-18(3)17)14-10(2)12-5-4-11(15)8-13(12)16/h4-5,8-10,14-16H,6-7H2,1-3H3. The molecule has 1 aromatic carbocycles. The van der Waals surface area contributed by atoms with Gasteiger partial charge in [-0.2, -0.15) is 0 Å². The summed E-state index contributed by atoms with van der Waals surface area (Å²) >= 11 is 0. The van der Waals surface area contributed by atoms with Gasteiger partial charge >= 0.3 is 0 Å². The molecule has 0 saturated heterocycles. The summed E-state index contributed by atoms with van der Waals surface area (Å²) < 4.78 is 11.0. The normalized spacial score (nSPS) is 16.2. The van der Waals surface area contributed by atoms with Crippen molar-refractivity contribution in [3.8, 4) is 11.5 Å². The fourth-order valence-corrected chi connectivity index (χ4v) is 2.53. The van der Waals surface area contributed by atoms with Crippen LogP contribution in [0, 0.1) is 0 Å². The second kappa shape index (κ2) is 6.75. The molecule has 0 bridgehead atoms. The van der Waals surface area contributed by atoms with E-state index in [0.717, 1.165) is 12.0 Å². The summed E-state index contributed by atoms with van der Waals surface area (Å²) in [5.74, 6) is 0.807. The summed E-state index contributed by atoms with van der Waals surface area (Å²) in [4.78, 5) is 0. The number of phenols is 2. The zero-order chi connectivity index (χ0) is 13.7. The first-order valence-corrected chi connectivity index (χ1v) is 7.70. The van der Waals surface area contributed by atoms with Gasteiger partial charge in [0.1, 0.15) is 11.5 Å². The summed E-state index contributed by atoms with van der Waals surface area (Å²) in [6.07, 6.45) is 2.52. The van der Waals surface area contributed by atoms with Gasteiger partial charge in [-0.3, -0.25) is 4.21 Å². The fraction of sp³-hybridized carbons (Fsp3) is 0.538. The third kappa shape index (κ3) is 4.66. The van der Waals surface area contributed by atoms with Crippen LogP contribution in [0.5, 0.6) is 11.5 Å². The average Bonchev–Trinajstić information content (AvgIpc) is 2.26. The number of phenolic OH excluding ortho intramolecular Hbond substituents is 2. The molecule has 0 spiro atoms. The van der Waals surface area contributed by atoms with Gasteiger partial charge in [0, 0.05) is 46.5 Å². The van der Waals surface area contributed by atoms with E-state index in [0.29, 0.717) is 5.75 Å². The van der Waals surface area contributed by atoms with Gasteiger partial charge in [-0.1, -0.05) is 6.07 Å². The Labute approximate surface area is 110 Å². The van der Waals surface area contributed by atoms with Crippen molar-refractivity contribution < 1.29 is 14.4 Å². The molecule has 5 heteroatoms. The highest BCUT2D eigenvalue weighted by atomic mass is 32.2. The second-order valence-corrected chi connectivity index (χ2v) is 6.15. The zero-order valence-corrected chi connectivity index (χ0v) is 11.8. The predicted molar refractivity (Wildman–Crippen MR) is 74.3 cm³/mol. The Kier molecular flexibility index (Phi) is 5.62. The topological polar surface area (TPSA) is 69.6 Å². The molecule has 0 aliphatic rings. The van der Waals surface area contributed by atoms with Crippen molar-refractivity contribution in [1.29, 1.82) is 0 Å². The van der Waals surface area contributed by atoms with Crippen LogP contribution in [0.15, 0.2) is 18.2 Å². The molecule has 18 heavy (non-hydrogen) atoms. The average molecular weight is 271 g/mol. The molecule has 0 aliphatic carbocycles. The third-order valence-corrected chi connectivity index (χ3v) is 3.66. The molecule has 1 aromatic rings. The van der Waals surface area contributed by atoms with E-state index < -0.39 is 10.8 Å². The van der Waals surface area contributed by atoms with Crippen LogP contribution in [0.4, 0.5) is 0 Å². The van der Waals surface area contributed by atoms with Gasteiger partial charge < -0.3 is 15.5 Å². The van der Waals surface area contributed by atoms with E-state index in [1.165, 1.54) is 6.07 Å². The van der Waals surface area contributed by atoms with Gasteiger partial charge in [-0.05, 0) is 26.3 Å². The van der Waals surface area contributed by atoms with Crippen LogP contribution in [-0.4, -0.2) is 32.5 Å². The van der Waals surface area contributed by atoms with E-state index in [9.17, 15) is 14.4 Å². The molecule has 1 rings (SSSR count). The van der Waals surface area contributed by atoms with Crippen molar-refractivity contribution in [3.63, 3.8) is 0 Å². The van der Waals surface area contributed by atoms with Crippen LogP contribution in [0.3, 0.4) is 0 Å². The Morgan fingerprint density at radius 3 is 2.56 bits per heavy atom. The van der Waals surface area contributed by atoms with Crippen LogP contribution in [-0.2, 0) is 10.8 Å². The lowest BCUT2D eigenvalue weighted by atomic mass is 10.1. The monoisotopic (exact) mass is 271 g/mol. The minimum atomic E-state index is -0.775. The molecular formula is C13H21NO3S. The Morgan fingerprint density at radius 1 is 1.33 bits per heavy atom. The Bertz CT molecular complexity index is 423. The number of aromatic hydroxyl groups is 2. The van der Waals surface area contributed by atoms with E-state index in [2.05, 4.69) is 5.32 Å². The van der Waals surface area contributed by atoms with Crippen LogP contribution in [0.1, 0.15) is 31.9 Å². The summed E-state index contributed by atoms with van der Waals surface area (Å²) in [6, 6.07) is 4.79. The number of hydrogen-bond acceptors (Lipinski definition) is 4. The minimum absolute atomic E-state index is 0.0223. The van der Waals surface area contributed by atoms with Crippen LogP contribution >= 0.6 is 0 Å². The molecule has 0 heterocycles. The Hall–Kier alpha value is -1.07. The molecule has 102 valence electrons. The number of rotatable bonds is 6. The lowest BCUT2D eigenvalue weighted by Crippen LogP contribution is -2.30. The van der Waals surface area contributed by atoms with Crippen molar-refractivity contribution in [2.24, 2.45) is 0 Å². The largest absolute Gasteiger partial charge is 0.508 e. The first-order chi connectivity index (χ1) is 8.40. The van der Waals surface area contributed by atoms with Crippen molar-refractivity contribution in [1.82, 2.24) is 5.32 Å². The lowest BCUT2D eigenvalue weighted by molar-refractivity contribution is 0.422. The number of hydrogen-bond donors (Lipinski definition) is 3. The highest BCUT2D eigenvalue weighted by Crippen LogP contribution is 2.28. The molecule has 0 aromatic heterocycles. The van der Waals surface area contributed by atoms with Gasteiger partial charge in [-0.25, -0.2) is 0 Å². The smallest absolute Gasteiger partial charge is 0.124 e. The van der Waals surface area contributed by atoms with Gasteiger partial charge in [0.25, 0.3) is 0 Å². The molecular weight excluding hydrogens is 250 g/mol. The molecule has 0 amide bonds. The predicted octanol–water partition coefficient (Wildman–Crippen LogP) is 1.91. The molecule has 0 aliphatic heterocycles. The SMILES string of the molecule is CC(CCS(C)=O)NC(C)c1ccc(O)cc1O. The summed E-state index contributed by atoms with van der Waals surface area (Å²) in [7, 11) is -0.775. The molecule has 0 saturated carbocycles. The third-order valence-electron chi connectivity index (χ3n) is 2.85. The molecule has 4 nitrogen and oxygen atoms in total. The first kappa shape index (κ1) is 15.0. The highest BCUT2D eigenvalue weighted by molar-refractivity contribution is 7.84. The summed E-state index contributed by atoms with van der Waals surface area (Å²) in [5, 5.41) is 22.3. The van der Waals surface area contributed by atoms with Gasteiger partial charge in [-0.15, -0.1) is 0 Å². The van der Waals surface area contributed by atoms with Crippen LogP contribution < -0.4 is 5.32 Å². The molecule has 0 fully saturated rings. The van der Waals surface area contributed by atoms with Crippen molar-refractivity contribution in [2.75, 3.05) is 12.0 Å². The highest BCUT2D eigenvalue weighted by Gasteiger charge is 2.13. The molecule has 3 atom stereocenters. The maximum absolute atomic E-state index is 11.0. The molecule has 3 N–H and O–H groups in total. The lowest BCUT2D eigenvalue weighted by Gasteiger charge is -2.21. The van der Waals surface area contributed by atoms with Crippen LogP contribution in [0.2, 0.25) is 0 Å². The van der Waals surface area contributed by atoms with E-state index in [-0.39, 0.29) is 23.6 Å². The van der Waals surface area contributed by atoms with Crippen molar-refractivity contribution in [2.45, 2.75) is 32.4 Å². The van der Waals surface area contributed by atoms with E-state index in [1.807, 2.05) is 13.8 Å². The first-order valence-electron chi connectivity index (χ1n) is 5.98. The minimum Gasteiger partial charge on any atom is -0.508 e. The second-order valence-electron chi connectivity index (χ2n) is 4.60. The van der Waals surface area contributed by atoms with Gasteiger partial charge in [0.2, 0.25) is 0 Å². The number of benzene rings is 1. The molecule has 3 unspecified atom stereocenters. The zero-order valence-electron chi connectivity index (χ0n) is 11.0. The Balaban J connectivity index is 2.59. The summed E-state index contributed by atoms with van der Waals surface area (Å²) in [6.45, 7) is 3.98. The fourth-order valence-electron chi connectivity index (χ4n) is 1.84. The van der Waals surface area contributed by atoms with E-state index in [4.69, 9.17) is 0 Å². The Morgan fingerprint density at radius 2 is 2.00 bits per heavy atom. The quantitative estimate of drug-likeness (QED) is 0.739. The van der Waals surface area contributed by atoms with Gasteiger partial charge in [0.15, 0.2) is 0 Å².